The Kier molecular flexibility index (Phi) is 5.23. The molecule has 1 aromatic carbocycles. The predicted octanol–water partition coefficient (Wildman–Crippen LogP) is 3.23. The van der Waals surface area contributed by atoms with E-state index in [2.05, 4.69) is 10.2 Å². The zero-order valence-corrected chi connectivity index (χ0v) is 15.3. The summed E-state index contributed by atoms with van der Waals surface area (Å²) in [5.41, 5.74) is 2.16. The van der Waals surface area contributed by atoms with Crippen molar-refractivity contribution in [3.63, 3.8) is 0 Å². The normalized spacial score (nSPS) is 10.8. The van der Waals surface area contributed by atoms with Gasteiger partial charge in [-0.15, -0.1) is 10.2 Å². The molecule has 0 aliphatic carbocycles. The first-order chi connectivity index (χ1) is 12.1. The molecule has 0 aliphatic heterocycles. The lowest BCUT2D eigenvalue weighted by Crippen LogP contribution is -2.27. The van der Waals surface area contributed by atoms with E-state index >= 15 is 0 Å². The fraction of sp³-hybridized carbons (Fsp3) is 0.278. The number of nitrogens with zero attached hydrogens (tertiary/aromatic N) is 4. The number of amides is 1. The number of hydrogen-bond donors (Lipinski definition) is 0. The van der Waals surface area contributed by atoms with Gasteiger partial charge in [0, 0.05) is 7.05 Å². The molecule has 1 amide bonds. The SMILES string of the molecule is Cc1ccccc1-n1c(C)nnc1SCC(=O)N(C)Cc1ccco1. The number of thioether (sulfide) groups is 1. The topological polar surface area (TPSA) is 64.2 Å². The molecule has 0 unspecified atom stereocenters. The molecular weight excluding hydrogens is 336 g/mol. The van der Waals surface area contributed by atoms with Gasteiger partial charge in [0.05, 0.1) is 24.2 Å². The standard InChI is InChI=1S/C18H20N4O2S/c1-13-7-4-5-9-16(13)22-14(2)19-20-18(22)25-12-17(23)21(3)11-15-8-6-10-24-15/h4-10H,11-12H2,1-3H3. The highest BCUT2D eigenvalue weighted by molar-refractivity contribution is 7.99. The largest absolute Gasteiger partial charge is 0.467 e. The average molecular weight is 356 g/mol. The lowest BCUT2D eigenvalue weighted by atomic mass is 10.2. The van der Waals surface area contributed by atoms with E-state index in [1.165, 1.54) is 11.8 Å². The molecule has 0 atom stereocenters. The van der Waals surface area contributed by atoms with Crippen molar-refractivity contribution in [1.29, 1.82) is 0 Å². The fourth-order valence-corrected chi connectivity index (χ4v) is 3.42. The summed E-state index contributed by atoms with van der Waals surface area (Å²) in [6.45, 7) is 4.41. The molecule has 3 aromatic rings. The van der Waals surface area contributed by atoms with Crippen LogP contribution in [0.2, 0.25) is 0 Å². The molecule has 0 saturated heterocycles. The van der Waals surface area contributed by atoms with Crippen molar-refractivity contribution in [3.8, 4) is 5.69 Å². The first-order valence-electron chi connectivity index (χ1n) is 7.93. The highest BCUT2D eigenvalue weighted by Crippen LogP contribution is 2.24. The van der Waals surface area contributed by atoms with Gasteiger partial charge < -0.3 is 9.32 Å². The van der Waals surface area contributed by atoms with Crippen molar-refractivity contribution in [2.75, 3.05) is 12.8 Å². The Labute approximate surface area is 150 Å². The Morgan fingerprint density at radius 2 is 2.00 bits per heavy atom. The van der Waals surface area contributed by atoms with Gasteiger partial charge in [-0.2, -0.15) is 0 Å². The van der Waals surface area contributed by atoms with Crippen LogP contribution in [-0.2, 0) is 11.3 Å². The summed E-state index contributed by atoms with van der Waals surface area (Å²) < 4.78 is 7.27. The van der Waals surface area contributed by atoms with Gasteiger partial charge in [-0.25, -0.2) is 0 Å². The van der Waals surface area contributed by atoms with E-state index in [9.17, 15) is 4.79 Å². The Hall–Kier alpha value is -2.54. The number of rotatable bonds is 6. The average Bonchev–Trinajstić information content (AvgIpc) is 3.23. The third-order valence-corrected chi connectivity index (χ3v) is 4.79. The molecule has 0 saturated carbocycles. The van der Waals surface area contributed by atoms with Gasteiger partial charge in [-0.3, -0.25) is 9.36 Å². The van der Waals surface area contributed by atoms with Crippen molar-refractivity contribution in [1.82, 2.24) is 19.7 Å². The highest BCUT2D eigenvalue weighted by Gasteiger charge is 2.16. The molecule has 0 fully saturated rings. The molecule has 0 spiro atoms. The molecule has 3 rings (SSSR count). The molecule has 0 aliphatic rings. The smallest absolute Gasteiger partial charge is 0.233 e. The number of aromatic nitrogens is 3. The molecule has 6 nitrogen and oxygen atoms in total. The number of hydrogen-bond acceptors (Lipinski definition) is 5. The second-order valence-electron chi connectivity index (χ2n) is 5.77. The maximum Gasteiger partial charge on any atom is 0.233 e. The van der Waals surface area contributed by atoms with Crippen LogP contribution in [-0.4, -0.2) is 38.4 Å². The van der Waals surface area contributed by atoms with Crippen LogP contribution in [0.4, 0.5) is 0 Å². The Bertz CT molecular complexity index is 858. The van der Waals surface area contributed by atoms with E-state index in [0.717, 1.165) is 22.8 Å². The lowest BCUT2D eigenvalue weighted by Gasteiger charge is -2.16. The monoisotopic (exact) mass is 356 g/mol. The van der Waals surface area contributed by atoms with Crippen molar-refractivity contribution < 1.29 is 9.21 Å². The molecule has 0 N–H and O–H groups in total. The molecule has 0 bridgehead atoms. The molecule has 130 valence electrons. The van der Waals surface area contributed by atoms with Crippen LogP contribution in [0.5, 0.6) is 0 Å². The molecule has 7 heteroatoms. The third kappa shape index (κ3) is 3.93. The minimum Gasteiger partial charge on any atom is -0.467 e. The number of carbonyl (C=O) groups is 1. The number of para-hydroxylation sites is 1. The first kappa shape index (κ1) is 17.3. The molecule has 0 radical (unpaired) electrons. The van der Waals surface area contributed by atoms with Crippen molar-refractivity contribution in [2.24, 2.45) is 0 Å². The second kappa shape index (κ2) is 7.57. The molecule has 25 heavy (non-hydrogen) atoms. The maximum atomic E-state index is 12.4. The summed E-state index contributed by atoms with van der Waals surface area (Å²) in [5, 5.41) is 9.11. The summed E-state index contributed by atoms with van der Waals surface area (Å²) >= 11 is 1.39. The van der Waals surface area contributed by atoms with Gasteiger partial charge in [-0.05, 0) is 37.6 Å². The highest BCUT2D eigenvalue weighted by atomic mass is 32.2. The van der Waals surface area contributed by atoms with E-state index in [1.807, 2.05) is 54.8 Å². The summed E-state index contributed by atoms with van der Waals surface area (Å²) in [6, 6.07) is 11.7. The van der Waals surface area contributed by atoms with Gasteiger partial charge in [0.1, 0.15) is 11.6 Å². The van der Waals surface area contributed by atoms with Crippen molar-refractivity contribution >= 4 is 17.7 Å². The van der Waals surface area contributed by atoms with Crippen molar-refractivity contribution in [2.45, 2.75) is 25.5 Å². The van der Waals surface area contributed by atoms with E-state index in [4.69, 9.17) is 4.42 Å². The molecule has 2 heterocycles. The molecular formula is C18H20N4O2S. The van der Waals surface area contributed by atoms with Gasteiger partial charge in [0.2, 0.25) is 5.91 Å². The quantitative estimate of drug-likeness (QED) is 0.635. The number of carbonyl (C=O) groups excluding carboxylic acids is 1. The van der Waals surface area contributed by atoms with Gasteiger partial charge in [-0.1, -0.05) is 30.0 Å². The van der Waals surface area contributed by atoms with Crippen molar-refractivity contribution in [3.05, 3.63) is 59.8 Å². The Morgan fingerprint density at radius 3 is 2.72 bits per heavy atom. The maximum absolute atomic E-state index is 12.4. The summed E-state index contributed by atoms with van der Waals surface area (Å²) in [4.78, 5) is 14.0. The summed E-state index contributed by atoms with van der Waals surface area (Å²) in [7, 11) is 1.77. The van der Waals surface area contributed by atoms with Crippen LogP contribution in [0.15, 0.2) is 52.2 Å². The van der Waals surface area contributed by atoms with Gasteiger partial charge >= 0.3 is 0 Å². The minimum absolute atomic E-state index is 0.0124. The van der Waals surface area contributed by atoms with Crippen LogP contribution < -0.4 is 0 Å². The number of aryl methyl sites for hydroxylation is 2. The first-order valence-corrected chi connectivity index (χ1v) is 8.92. The molecule has 2 aromatic heterocycles. The number of benzene rings is 1. The van der Waals surface area contributed by atoms with Crippen LogP contribution in [0.25, 0.3) is 5.69 Å². The second-order valence-corrected chi connectivity index (χ2v) is 6.71. The van der Waals surface area contributed by atoms with Crippen LogP contribution in [0.3, 0.4) is 0 Å². The lowest BCUT2D eigenvalue weighted by molar-refractivity contribution is -0.127. The number of furan rings is 1. The van der Waals surface area contributed by atoms with Crippen LogP contribution in [0, 0.1) is 13.8 Å². The fourth-order valence-electron chi connectivity index (χ4n) is 2.49. The van der Waals surface area contributed by atoms with E-state index in [-0.39, 0.29) is 5.91 Å². The van der Waals surface area contributed by atoms with E-state index < -0.39 is 0 Å². The van der Waals surface area contributed by atoms with E-state index in [0.29, 0.717) is 17.5 Å². The zero-order valence-electron chi connectivity index (χ0n) is 14.5. The van der Waals surface area contributed by atoms with Gasteiger partial charge in [0.15, 0.2) is 5.16 Å². The van der Waals surface area contributed by atoms with Gasteiger partial charge in [0.25, 0.3) is 0 Å². The van der Waals surface area contributed by atoms with Crippen LogP contribution >= 0.6 is 11.8 Å². The minimum atomic E-state index is 0.0124. The van der Waals surface area contributed by atoms with E-state index in [1.54, 1.807) is 18.2 Å². The Balaban J connectivity index is 1.70. The summed E-state index contributed by atoms with van der Waals surface area (Å²) in [6.07, 6.45) is 1.61. The predicted molar refractivity (Wildman–Crippen MR) is 96.7 cm³/mol. The third-order valence-electron chi connectivity index (χ3n) is 3.88. The summed E-state index contributed by atoms with van der Waals surface area (Å²) in [5.74, 6) is 1.87. The zero-order chi connectivity index (χ0) is 17.8. The van der Waals surface area contributed by atoms with Crippen LogP contribution in [0.1, 0.15) is 17.1 Å². The Morgan fingerprint density at radius 1 is 1.20 bits per heavy atom.